The normalized spacial score (nSPS) is 19.2. The lowest BCUT2D eigenvalue weighted by atomic mass is 9.85. The van der Waals surface area contributed by atoms with Crippen LogP contribution < -0.4 is 5.73 Å². The number of amides is 1. The SMILES string of the molecule is Cc1nn(C)c(-c2cccc3c2C(C)CC3(C)C)c1C(N)=O. The highest BCUT2D eigenvalue weighted by Crippen LogP contribution is 2.49. The summed E-state index contributed by atoms with van der Waals surface area (Å²) in [7, 11) is 1.87. The Kier molecular flexibility index (Phi) is 3.17. The van der Waals surface area contributed by atoms with Gasteiger partial charge in [-0.15, -0.1) is 0 Å². The minimum absolute atomic E-state index is 0.158. The van der Waals surface area contributed by atoms with Crippen LogP contribution >= 0.6 is 0 Å². The number of nitrogens with zero attached hydrogens (tertiary/aromatic N) is 2. The van der Waals surface area contributed by atoms with Crippen LogP contribution in [0.15, 0.2) is 18.2 Å². The lowest BCUT2D eigenvalue weighted by molar-refractivity contribution is 0.100. The largest absolute Gasteiger partial charge is 0.365 e. The fraction of sp³-hybridized carbons (Fsp3) is 0.444. The van der Waals surface area contributed by atoms with Gasteiger partial charge in [0.1, 0.15) is 0 Å². The molecule has 1 unspecified atom stereocenters. The Morgan fingerprint density at radius 1 is 1.41 bits per heavy atom. The first kappa shape index (κ1) is 14.8. The molecule has 1 aromatic carbocycles. The molecular formula is C18H23N3O. The molecular weight excluding hydrogens is 274 g/mol. The molecule has 3 rings (SSSR count). The van der Waals surface area contributed by atoms with Crippen LogP contribution in [0.5, 0.6) is 0 Å². The van der Waals surface area contributed by atoms with Gasteiger partial charge in [-0.1, -0.05) is 39.0 Å². The maximum Gasteiger partial charge on any atom is 0.252 e. The fourth-order valence-electron chi connectivity index (χ4n) is 4.13. The topological polar surface area (TPSA) is 60.9 Å². The quantitative estimate of drug-likeness (QED) is 0.924. The predicted octanol–water partition coefficient (Wildman–Crippen LogP) is 3.28. The van der Waals surface area contributed by atoms with Crippen LogP contribution in [0.3, 0.4) is 0 Å². The molecule has 1 amide bonds. The number of primary amides is 1. The highest BCUT2D eigenvalue weighted by molar-refractivity contribution is 6.00. The average Bonchev–Trinajstić information content (AvgIpc) is 2.83. The lowest BCUT2D eigenvalue weighted by Gasteiger charge is -2.19. The van der Waals surface area contributed by atoms with Gasteiger partial charge in [-0.05, 0) is 35.8 Å². The van der Waals surface area contributed by atoms with Crippen molar-refractivity contribution < 1.29 is 4.79 Å². The number of nitrogens with two attached hydrogens (primary N) is 1. The summed E-state index contributed by atoms with van der Waals surface area (Å²) in [6.07, 6.45) is 1.11. The second kappa shape index (κ2) is 4.70. The summed E-state index contributed by atoms with van der Waals surface area (Å²) >= 11 is 0. The van der Waals surface area contributed by atoms with E-state index in [1.54, 1.807) is 4.68 Å². The minimum atomic E-state index is -0.414. The summed E-state index contributed by atoms with van der Waals surface area (Å²) in [5.41, 5.74) is 11.6. The molecule has 1 aromatic heterocycles. The van der Waals surface area contributed by atoms with Gasteiger partial charge in [-0.2, -0.15) is 5.10 Å². The van der Waals surface area contributed by atoms with Crippen molar-refractivity contribution in [2.75, 3.05) is 0 Å². The smallest absolute Gasteiger partial charge is 0.252 e. The Morgan fingerprint density at radius 3 is 2.73 bits per heavy atom. The first-order valence-electron chi connectivity index (χ1n) is 7.71. The number of aromatic nitrogens is 2. The predicted molar refractivity (Wildman–Crippen MR) is 88.0 cm³/mol. The van der Waals surface area contributed by atoms with Crippen molar-refractivity contribution in [3.63, 3.8) is 0 Å². The summed E-state index contributed by atoms with van der Waals surface area (Å²) in [6.45, 7) is 8.65. The van der Waals surface area contributed by atoms with Gasteiger partial charge in [0.2, 0.25) is 0 Å². The standard InChI is InChI=1S/C18H23N3O/c1-10-9-18(3,4)13-8-6-7-12(14(10)13)16-15(17(19)22)11(2)20-21(16)5/h6-8,10H,9H2,1-5H3,(H2,19,22). The number of benzene rings is 1. The van der Waals surface area contributed by atoms with Crippen molar-refractivity contribution in [2.45, 2.75) is 45.4 Å². The van der Waals surface area contributed by atoms with E-state index in [4.69, 9.17) is 5.73 Å². The Balaban J connectivity index is 2.34. The number of fused-ring (bicyclic) bond motifs is 1. The van der Waals surface area contributed by atoms with E-state index in [0.717, 1.165) is 17.7 Å². The zero-order valence-electron chi connectivity index (χ0n) is 13.9. The Labute approximate surface area is 131 Å². The lowest BCUT2D eigenvalue weighted by Crippen LogP contribution is -2.14. The van der Waals surface area contributed by atoms with Crippen LogP contribution in [0.1, 0.15) is 60.3 Å². The third-order valence-electron chi connectivity index (χ3n) is 4.87. The Bertz CT molecular complexity index is 771. The van der Waals surface area contributed by atoms with E-state index in [1.165, 1.54) is 11.1 Å². The maximum absolute atomic E-state index is 11.9. The summed E-state index contributed by atoms with van der Waals surface area (Å²) in [5.74, 6) is 0.0419. The molecule has 0 aliphatic heterocycles. The van der Waals surface area contributed by atoms with Crippen LogP contribution in [0.2, 0.25) is 0 Å². The van der Waals surface area contributed by atoms with E-state index in [2.05, 4.69) is 44.1 Å². The highest BCUT2D eigenvalue weighted by Gasteiger charge is 2.37. The highest BCUT2D eigenvalue weighted by atomic mass is 16.1. The molecule has 1 aliphatic carbocycles. The molecule has 0 bridgehead atoms. The van der Waals surface area contributed by atoms with Crippen molar-refractivity contribution >= 4 is 5.91 Å². The van der Waals surface area contributed by atoms with Gasteiger partial charge in [-0.3, -0.25) is 9.48 Å². The van der Waals surface area contributed by atoms with Gasteiger partial charge in [-0.25, -0.2) is 0 Å². The van der Waals surface area contributed by atoms with Gasteiger partial charge in [0.25, 0.3) is 5.91 Å². The Morgan fingerprint density at radius 2 is 2.09 bits per heavy atom. The first-order valence-corrected chi connectivity index (χ1v) is 7.71. The average molecular weight is 297 g/mol. The molecule has 22 heavy (non-hydrogen) atoms. The van der Waals surface area contributed by atoms with Crippen LogP contribution in [0.4, 0.5) is 0 Å². The van der Waals surface area contributed by atoms with Gasteiger partial charge in [0, 0.05) is 12.6 Å². The van der Waals surface area contributed by atoms with Gasteiger partial charge >= 0.3 is 0 Å². The fourth-order valence-corrected chi connectivity index (χ4v) is 4.13. The third kappa shape index (κ3) is 1.97. The minimum Gasteiger partial charge on any atom is -0.365 e. The first-order chi connectivity index (χ1) is 10.2. The zero-order valence-corrected chi connectivity index (χ0v) is 13.9. The van der Waals surface area contributed by atoms with Crippen LogP contribution in [0, 0.1) is 6.92 Å². The molecule has 0 saturated carbocycles. The molecule has 0 fully saturated rings. The van der Waals surface area contributed by atoms with E-state index in [1.807, 2.05) is 14.0 Å². The molecule has 0 radical (unpaired) electrons. The van der Waals surface area contributed by atoms with Crippen molar-refractivity contribution in [3.8, 4) is 11.3 Å². The molecule has 4 heteroatoms. The number of rotatable bonds is 2. The number of carbonyl (C=O) groups is 1. The molecule has 0 saturated heterocycles. The second-order valence-electron chi connectivity index (χ2n) is 7.05. The van der Waals surface area contributed by atoms with Crippen molar-refractivity contribution in [3.05, 3.63) is 40.6 Å². The third-order valence-corrected chi connectivity index (χ3v) is 4.87. The van der Waals surface area contributed by atoms with Crippen LogP contribution in [-0.2, 0) is 12.5 Å². The second-order valence-corrected chi connectivity index (χ2v) is 7.05. The zero-order chi connectivity index (χ0) is 16.2. The molecule has 1 aliphatic rings. The Hall–Kier alpha value is -2.10. The number of hydrogen-bond donors (Lipinski definition) is 1. The molecule has 0 spiro atoms. The van der Waals surface area contributed by atoms with E-state index in [-0.39, 0.29) is 5.41 Å². The van der Waals surface area contributed by atoms with E-state index in [9.17, 15) is 4.79 Å². The van der Waals surface area contributed by atoms with Gasteiger partial charge < -0.3 is 5.73 Å². The molecule has 2 N–H and O–H groups in total. The molecule has 4 nitrogen and oxygen atoms in total. The van der Waals surface area contributed by atoms with E-state index >= 15 is 0 Å². The molecule has 1 atom stereocenters. The van der Waals surface area contributed by atoms with Crippen LogP contribution in [0.25, 0.3) is 11.3 Å². The molecule has 2 aromatic rings. The van der Waals surface area contributed by atoms with Gasteiger partial charge in [0.05, 0.1) is 17.0 Å². The number of aryl methyl sites for hydroxylation is 2. The monoisotopic (exact) mass is 297 g/mol. The van der Waals surface area contributed by atoms with Crippen molar-refractivity contribution in [2.24, 2.45) is 12.8 Å². The summed E-state index contributed by atoms with van der Waals surface area (Å²) in [6, 6.07) is 6.36. The molecule has 116 valence electrons. The summed E-state index contributed by atoms with van der Waals surface area (Å²) < 4.78 is 1.78. The summed E-state index contributed by atoms with van der Waals surface area (Å²) in [4.78, 5) is 11.9. The number of hydrogen-bond acceptors (Lipinski definition) is 2. The van der Waals surface area contributed by atoms with Gasteiger partial charge in [0.15, 0.2) is 0 Å². The van der Waals surface area contributed by atoms with E-state index < -0.39 is 5.91 Å². The summed E-state index contributed by atoms with van der Waals surface area (Å²) in [5, 5.41) is 4.41. The van der Waals surface area contributed by atoms with Crippen LogP contribution in [-0.4, -0.2) is 15.7 Å². The van der Waals surface area contributed by atoms with E-state index in [0.29, 0.717) is 17.2 Å². The number of carbonyl (C=O) groups excluding carboxylic acids is 1. The molecule has 1 heterocycles. The van der Waals surface area contributed by atoms with Crippen molar-refractivity contribution in [1.29, 1.82) is 0 Å². The maximum atomic E-state index is 11.9. The van der Waals surface area contributed by atoms with Crippen molar-refractivity contribution in [1.82, 2.24) is 9.78 Å².